The zero-order valence-corrected chi connectivity index (χ0v) is 8.88. The molecule has 0 bridgehead atoms. The van der Waals surface area contributed by atoms with Gasteiger partial charge in [0.2, 0.25) is 5.88 Å². The van der Waals surface area contributed by atoms with Crippen molar-refractivity contribution in [1.29, 1.82) is 0 Å². The lowest BCUT2D eigenvalue weighted by Gasteiger charge is -2.10. The summed E-state index contributed by atoms with van der Waals surface area (Å²) in [5.74, 6) is 0.262. The van der Waals surface area contributed by atoms with Crippen LogP contribution in [0.5, 0.6) is 5.88 Å². The number of anilines is 1. The number of hydrogen-bond donors (Lipinski definition) is 1. The molecule has 0 aliphatic rings. The number of nitrogens with zero attached hydrogens (tertiary/aromatic N) is 2. The zero-order valence-electron chi connectivity index (χ0n) is 8.88. The van der Waals surface area contributed by atoms with Crippen LogP contribution in [0, 0.1) is 0 Å². The SMILES string of the molecule is CC(C)c1nc(N)cc(OCC(F)(F)F)n1. The van der Waals surface area contributed by atoms with Crippen molar-refractivity contribution in [1.82, 2.24) is 9.97 Å². The van der Waals surface area contributed by atoms with E-state index in [1.165, 1.54) is 0 Å². The topological polar surface area (TPSA) is 61.0 Å². The van der Waals surface area contributed by atoms with Crippen molar-refractivity contribution in [3.63, 3.8) is 0 Å². The van der Waals surface area contributed by atoms with Crippen LogP contribution in [-0.2, 0) is 0 Å². The molecule has 0 unspecified atom stereocenters. The summed E-state index contributed by atoms with van der Waals surface area (Å²) in [6, 6.07) is 1.16. The van der Waals surface area contributed by atoms with Crippen LogP contribution in [0.3, 0.4) is 0 Å². The molecule has 1 aromatic rings. The first-order chi connectivity index (χ1) is 7.28. The molecule has 0 aromatic carbocycles. The highest BCUT2D eigenvalue weighted by atomic mass is 19.4. The smallest absolute Gasteiger partial charge is 0.422 e. The molecule has 1 aromatic heterocycles. The highest BCUT2D eigenvalue weighted by molar-refractivity contribution is 5.33. The Labute approximate surface area is 90.6 Å². The molecule has 0 aliphatic heterocycles. The van der Waals surface area contributed by atoms with Crippen molar-refractivity contribution in [2.24, 2.45) is 0 Å². The maximum Gasteiger partial charge on any atom is 0.422 e. The summed E-state index contributed by atoms with van der Waals surface area (Å²) in [4.78, 5) is 7.71. The zero-order chi connectivity index (χ0) is 12.3. The Morgan fingerprint density at radius 1 is 1.38 bits per heavy atom. The van der Waals surface area contributed by atoms with Crippen molar-refractivity contribution in [3.05, 3.63) is 11.9 Å². The molecule has 1 rings (SSSR count). The van der Waals surface area contributed by atoms with Gasteiger partial charge in [-0.1, -0.05) is 13.8 Å². The van der Waals surface area contributed by atoms with Gasteiger partial charge in [-0.2, -0.15) is 18.2 Å². The molecule has 0 saturated heterocycles. The van der Waals surface area contributed by atoms with E-state index in [0.717, 1.165) is 6.07 Å². The molecule has 0 saturated carbocycles. The van der Waals surface area contributed by atoms with Crippen molar-refractivity contribution in [2.45, 2.75) is 25.9 Å². The Hall–Kier alpha value is -1.53. The van der Waals surface area contributed by atoms with Gasteiger partial charge < -0.3 is 10.5 Å². The monoisotopic (exact) mass is 235 g/mol. The summed E-state index contributed by atoms with van der Waals surface area (Å²) in [6.45, 7) is 2.23. The minimum absolute atomic E-state index is 0.0308. The number of nitrogens with two attached hydrogens (primary N) is 1. The second kappa shape index (κ2) is 4.54. The van der Waals surface area contributed by atoms with Crippen LogP contribution in [0.1, 0.15) is 25.6 Å². The van der Waals surface area contributed by atoms with Crippen LogP contribution >= 0.6 is 0 Å². The molecule has 90 valence electrons. The lowest BCUT2D eigenvalue weighted by Crippen LogP contribution is -2.20. The third-order valence-electron chi connectivity index (χ3n) is 1.64. The van der Waals surface area contributed by atoms with Crippen LogP contribution in [0.25, 0.3) is 0 Å². The number of ether oxygens (including phenoxy) is 1. The van der Waals surface area contributed by atoms with Gasteiger partial charge in [-0.25, -0.2) is 4.98 Å². The Bertz CT molecular complexity index is 366. The van der Waals surface area contributed by atoms with Crippen LogP contribution in [0.4, 0.5) is 19.0 Å². The number of halogens is 3. The van der Waals surface area contributed by atoms with Gasteiger partial charge in [-0.3, -0.25) is 0 Å². The van der Waals surface area contributed by atoms with E-state index in [-0.39, 0.29) is 17.6 Å². The van der Waals surface area contributed by atoms with Gasteiger partial charge in [-0.15, -0.1) is 0 Å². The molecular formula is C9H12F3N3O. The average molecular weight is 235 g/mol. The molecule has 7 heteroatoms. The van der Waals surface area contributed by atoms with E-state index < -0.39 is 12.8 Å². The highest BCUT2D eigenvalue weighted by Gasteiger charge is 2.28. The summed E-state index contributed by atoms with van der Waals surface area (Å²) < 4.78 is 40.2. The fourth-order valence-electron chi connectivity index (χ4n) is 0.949. The van der Waals surface area contributed by atoms with Gasteiger partial charge in [0.25, 0.3) is 0 Å². The minimum atomic E-state index is -4.39. The van der Waals surface area contributed by atoms with Gasteiger partial charge in [0, 0.05) is 12.0 Å². The van der Waals surface area contributed by atoms with E-state index in [1.807, 2.05) is 13.8 Å². The third kappa shape index (κ3) is 3.92. The van der Waals surface area contributed by atoms with Crippen molar-refractivity contribution < 1.29 is 17.9 Å². The highest BCUT2D eigenvalue weighted by Crippen LogP contribution is 2.20. The first kappa shape index (κ1) is 12.5. The van der Waals surface area contributed by atoms with Gasteiger partial charge in [0.05, 0.1) is 0 Å². The Morgan fingerprint density at radius 2 is 2.00 bits per heavy atom. The molecule has 1 heterocycles. The largest absolute Gasteiger partial charge is 0.468 e. The fourth-order valence-corrected chi connectivity index (χ4v) is 0.949. The minimum Gasteiger partial charge on any atom is -0.468 e. The van der Waals surface area contributed by atoms with Crippen molar-refractivity contribution in [3.8, 4) is 5.88 Å². The Kier molecular flexibility index (Phi) is 3.56. The fraction of sp³-hybridized carbons (Fsp3) is 0.556. The average Bonchev–Trinajstić information content (AvgIpc) is 2.13. The molecule has 2 N–H and O–H groups in total. The van der Waals surface area contributed by atoms with Crippen LogP contribution in [0.2, 0.25) is 0 Å². The lowest BCUT2D eigenvalue weighted by atomic mass is 10.2. The summed E-state index contributed by atoms with van der Waals surface area (Å²) >= 11 is 0. The van der Waals surface area contributed by atoms with Gasteiger partial charge in [-0.05, 0) is 0 Å². The van der Waals surface area contributed by atoms with Gasteiger partial charge >= 0.3 is 6.18 Å². The standard InChI is InChI=1S/C9H12F3N3O/c1-5(2)8-14-6(13)3-7(15-8)16-4-9(10,11)12/h3,5H,4H2,1-2H3,(H2,13,14,15). The van der Waals surface area contributed by atoms with E-state index in [9.17, 15) is 13.2 Å². The molecule has 0 amide bonds. The summed E-state index contributed by atoms with van der Waals surface area (Å²) in [5, 5.41) is 0. The molecule has 0 fully saturated rings. The van der Waals surface area contributed by atoms with Crippen LogP contribution < -0.4 is 10.5 Å². The second-order valence-electron chi connectivity index (χ2n) is 3.55. The first-order valence-corrected chi connectivity index (χ1v) is 4.62. The predicted molar refractivity (Wildman–Crippen MR) is 52.1 cm³/mol. The Morgan fingerprint density at radius 3 is 2.50 bits per heavy atom. The number of alkyl halides is 3. The first-order valence-electron chi connectivity index (χ1n) is 4.62. The lowest BCUT2D eigenvalue weighted by molar-refractivity contribution is -0.154. The van der Waals surface area contributed by atoms with E-state index in [4.69, 9.17) is 5.73 Å². The molecule has 16 heavy (non-hydrogen) atoms. The number of rotatable bonds is 3. The van der Waals surface area contributed by atoms with E-state index in [2.05, 4.69) is 14.7 Å². The summed E-state index contributed by atoms with van der Waals surface area (Å²) in [7, 11) is 0. The summed E-state index contributed by atoms with van der Waals surface area (Å²) in [6.07, 6.45) is -4.39. The molecule has 0 radical (unpaired) electrons. The van der Waals surface area contributed by atoms with Crippen molar-refractivity contribution in [2.75, 3.05) is 12.3 Å². The van der Waals surface area contributed by atoms with Gasteiger partial charge in [0.15, 0.2) is 6.61 Å². The van der Waals surface area contributed by atoms with Crippen LogP contribution in [-0.4, -0.2) is 22.8 Å². The molecule has 0 atom stereocenters. The number of nitrogen functional groups attached to an aromatic ring is 1. The van der Waals surface area contributed by atoms with Gasteiger partial charge in [0.1, 0.15) is 11.6 Å². The number of hydrogen-bond acceptors (Lipinski definition) is 4. The molecular weight excluding hydrogens is 223 g/mol. The second-order valence-corrected chi connectivity index (χ2v) is 3.55. The summed E-state index contributed by atoms with van der Waals surface area (Å²) in [5.41, 5.74) is 5.42. The molecule has 0 spiro atoms. The van der Waals surface area contributed by atoms with E-state index in [0.29, 0.717) is 5.82 Å². The molecule has 4 nitrogen and oxygen atoms in total. The van der Waals surface area contributed by atoms with E-state index >= 15 is 0 Å². The van der Waals surface area contributed by atoms with Crippen LogP contribution in [0.15, 0.2) is 6.07 Å². The number of aromatic nitrogens is 2. The third-order valence-corrected chi connectivity index (χ3v) is 1.64. The Balaban J connectivity index is 2.81. The van der Waals surface area contributed by atoms with Crippen molar-refractivity contribution >= 4 is 5.82 Å². The molecule has 0 aliphatic carbocycles. The quantitative estimate of drug-likeness (QED) is 0.871. The maximum atomic E-state index is 11.9. The van der Waals surface area contributed by atoms with E-state index in [1.54, 1.807) is 0 Å². The normalized spacial score (nSPS) is 11.9. The predicted octanol–water partition coefficient (Wildman–Crippen LogP) is 2.12. The maximum absolute atomic E-state index is 11.9.